The van der Waals surface area contributed by atoms with E-state index in [9.17, 15) is 14.7 Å². The van der Waals surface area contributed by atoms with Gasteiger partial charge in [0.25, 0.3) is 5.91 Å². The third-order valence-corrected chi connectivity index (χ3v) is 6.85. The number of thiocarbonyl (C=S) groups is 1. The van der Waals surface area contributed by atoms with Crippen molar-refractivity contribution in [1.29, 1.82) is 0 Å². The Bertz CT molecular complexity index is 1320. The van der Waals surface area contributed by atoms with Crippen molar-refractivity contribution in [3.63, 3.8) is 0 Å². The lowest BCUT2D eigenvalue weighted by Gasteiger charge is -2.17. The molecule has 1 aliphatic heterocycles. The molecule has 0 bridgehead atoms. The third kappa shape index (κ3) is 6.05. The molecule has 1 aromatic heterocycles. The highest BCUT2D eigenvalue weighted by atomic mass is 79.9. The number of carbonyl (C=O) groups is 2. The van der Waals surface area contributed by atoms with E-state index in [-0.39, 0.29) is 34.8 Å². The maximum Gasteiger partial charge on any atom is 0.339 e. The van der Waals surface area contributed by atoms with Crippen LogP contribution < -0.4 is 15.4 Å². The Hall–Kier alpha value is -2.96. The van der Waals surface area contributed by atoms with Gasteiger partial charge in [0.15, 0.2) is 4.32 Å². The van der Waals surface area contributed by atoms with Crippen LogP contribution in [0.2, 0.25) is 0 Å². The lowest BCUT2D eigenvalue weighted by Crippen LogP contribution is -2.27. The first kappa shape index (κ1) is 26.1. The largest absolute Gasteiger partial charge is 0.490 e. The molecule has 1 saturated heterocycles. The van der Waals surface area contributed by atoms with Crippen molar-refractivity contribution in [1.82, 2.24) is 0 Å². The van der Waals surface area contributed by atoms with E-state index in [0.29, 0.717) is 35.3 Å². The third-order valence-electron chi connectivity index (χ3n) is 5.02. The van der Waals surface area contributed by atoms with Crippen LogP contribution in [0, 0.1) is 0 Å². The highest BCUT2D eigenvalue weighted by Gasteiger charge is 2.34. The molecule has 2 aromatic carbocycles. The van der Waals surface area contributed by atoms with Crippen molar-refractivity contribution in [2.45, 2.75) is 0 Å². The predicted octanol–water partition coefficient (Wildman–Crippen LogP) is 5.17. The molecule has 11 heteroatoms. The number of ether oxygens (including phenoxy) is 2. The summed E-state index contributed by atoms with van der Waals surface area (Å²) in [4.78, 5) is 26.7. The Balaban J connectivity index is 1.52. The van der Waals surface area contributed by atoms with Crippen molar-refractivity contribution < 1.29 is 28.6 Å². The number of amides is 1. The number of benzene rings is 2. The number of anilines is 1. The first-order valence-electron chi connectivity index (χ1n) is 10.8. The Labute approximate surface area is 225 Å². The number of carboxylic acid groups (broad SMARTS) is 1. The van der Waals surface area contributed by atoms with Gasteiger partial charge in [-0.3, -0.25) is 9.69 Å². The first-order valence-corrected chi connectivity index (χ1v) is 12.8. The maximum absolute atomic E-state index is 13.2. The van der Waals surface area contributed by atoms with E-state index in [1.165, 1.54) is 17.0 Å². The Morgan fingerprint density at radius 1 is 1.14 bits per heavy atom. The standard InChI is InChI=1S/C25H21BrN2O6S2/c26-16-3-1-15(2-4-16)20-8-6-18(34-20)14-22-23(29)28(25(35)36-22)17-5-7-21(19(13-17)24(30)31)33-12-11-32-10-9-27/h1-8,13-14H,9-12,27H2,(H,30,31). The monoisotopic (exact) mass is 588 g/mol. The number of carbonyl (C=O) groups excluding carboxylic acids is 1. The van der Waals surface area contributed by atoms with Crippen molar-refractivity contribution >= 4 is 67.9 Å². The minimum Gasteiger partial charge on any atom is -0.490 e. The molecule has 1 fully saturated rings. The van der Waals surface area contributed by atoms with Crippen LogP contribution in [0.5, 0.6) is 5.75 Å². The number of rotatable bonds is 10. The molecular weight excluding hydrogens is 568 g/mol. The van der Waals surface area contributed by atoms with Crippen molar-refractivity contribution in [3.05, 3.63) is 75.3 Å². The summed E-state index contributed by atoms with van der Waals surface area (Å²) in [5, 5.41) is 9.67. The molecule has 0 radical (unpaired) electrons. The number of thioether (sulfide) groups is 1. The van der Waals surface area contributed by atoms with E-state index in [1.807, 2.05) is 30.3 Å². The quantitative estimate of drug-likeness (QED) is 0.188. The summed E-state index contributed by atoms with van der Waals surface area (Å²) in [7, 11) is 0. The van der Waals surface area contributed by atoms with Gasteiger partial charge in [0.05, 0.1) is 23.8 Å². The minimum absolute atomic E-state index is 0.0884. The van der Waals surface area contributed by atoms with Crippen LogP contribution in [0.1, 0.15) is 16.1 Å². The molecule has 36 heavy (non-hydrogen) atoms. The molecule has 3 aromatic rings. The molecule has 1 amide bonds. The Morgan fingerprint density at radius 2 is 1.92 bits per heavy atom. The minimum atomic E-state index is -1.19. The van der Waals surface area contributed by atoms with Gasteiger partial charge >= 0.3 is 5.97 Å². The topological polar surface area (TPSA) is 115 Å². The zero-order chi connectivity index (χ0) is 25.7. The molecule has 0 spiro atoms. The van der Waals surface area contributed by atoms with Crippen LogP contribution in [-0.4, -0.2) is 47.7 Å². The number of furan rings is 1. The predicted molar refractivity (Wildman–Crippen MR) is 146 cm³/mol. The molecule has 0 saturated carbocycles. The zero-order valence-corrected chi connectivity index (χ0v) is 22.0. The van der Waals surface area contributed by atoms with Gasteiger partial charge < -0.3 is 24.7 Å². The van der Waals surface area contributed by atoms with E-state index >= 15 is 0 Å². The van der Waals surface area contributed by atoms with Gasteiger partial charge in [-0.2, -0.15) is 0 Å². The fourth-order valence-electron chi connectivity index (χ4n) is 3.37. The lowest BCUT2D eigenvalue weighted by atomic mass is 10.1. The summed E-state index contributed by atoms with van der Waals surface area (Å²) in [6.45, 7) is 1.21. The molecular formula is C25H21BrN2O6S2. The van der Waals surface area contributed by atoms with Crippen LogP contribution in [-0.2, 0) is 9.53 Å². The van der Waals surface area contributed by atoms with Crippen LogP contribution >= 0.6 is 39.9 Å². The average Bonchev–Trinajstić information content (AvgIpc) is 3.43. The fraction of sp³-hybridized carbons (Fsp3) is 0.160. The molecule has 0 atom stereocenters. The number of nitrogens with two attached hydrogens (primary N) is 1. The Kier molecular flexibility index (Phi) is 8.60. The lowest BCUT2D eigenvalue weighted by molar-refractivity contribution is -0.113. The number of aromatic carboxylic acids is 1. The van der Waals surface area contributed by atoms with Gasteiger partial charge in [0.2, 0.25) is 0 Å². The maximum atomic E-state index is 13.2. The average molecular weight is 589 g/mol. The van der Waals surface area contributed by atoms with Crippen molar-refractivity contribution in [3.8, 4) is 17.1 Å². The molecule has 1 aliphatic rings. The number of nitrogens with zero attached hydrogens (tertiary/aromatic N) is 1. The van der Waals surface area contributed by atoms with E-state index in [1.54, 1.807) is 18.2 Å². The summed E-state index contributed by atoms with van der Waals surface area (Å²) in [5.74, 6) is -0.224. The SMILES string of the molecule is NCCOCCOc1ccc(N2C(=O)C(=Cc3ccc(-c4ccc(Br)cc4)o3)SC2=S)cc1C(=O)O. The summed E-state index contributed by atoms with van der Waals surface area (Å²) in [6, 6.07) is 15.7. The van der Waals surface area contributed by atoms with E-state index in [4.69, 9.17) is 31.8 Å². The van der Waals surface area contributed by atoms with E-state index in [0.717, 1.165) is 21.8 Å². The molecule has 3 N–H and O–H groups in total. The number of hydrogen-bond donors (Lipinski definition) is 2. The summed E-state index contributed by atoms with van der Waals surface area (Å²) < 4.78 is 17.9. The molecule has 2 heterocycles. The molecule has 8 nitrogen and oxygen atoms in total. The van der Waals surface area contributed by atoms with Crippen molar-refractivity contribution in [2.24, 2.45) is 5.73 Å². The molecule has 0 aliphatic carbocycles. The number of hydrogen-bond acceptors (Lipinski definition) is 8. The van der Waals surface area contributed by atoms with Gasteiger partial charge in [-0.05, 0) is 42.5 Å². The number of halogens is 1. The second-order valence-electron chi connectivity index (χ2n) is 7.46. The normalized spacial score (nSPS) is 14.6. The second-order valence-corrected chi connectivity index (χ2v) is 10.1. The Morgan fingerprint density at radius 3 is 2.64 bits per heavy atom. The van der Waals surface area contributed by atoms with Crippen LogP contribution in [0.4, 0.5) is 5.69 Å². The smallest absolute Gasteiger partial charge is 0.339 e. The van der Waals surface area contributed by atoms with Gasteiger partial charge in [-0.25, -0.2) is 4.79 Å². The summed E-state index contributed by atoms with van der Waals surface area (Å²) in [5.41, 5.74) is 6.52. The van der Waals surface area contributed by atoms with Crippen molar-refractivity contribution in [2.75, 3.05) is 31.3 Å². The van der Waals surface area contributed by atoms with Crippen LogP contribution in [0.3, 0.4) is 0 Å². The fourth-order valence-corrected chi connectivity index (χ4v) is 4.91. The molecule has 0 unspecified atom stereocenters. The first-order chi connectivity index (χ1) is 17.4. The van der Waals surface area contributed by atoms with Gasteiger partial charge in [-0.1, -0.05) is 52.0 Å². The zero-order valence-electron chi connectivity index (χ0n) is 18.8. The summed E-state index contributed by atoms with van der Waals surface area (Å²) in [6.07, 6.45) is 1.62. The van der Waals surface area contributed by atoms with Gasteiger partial charge in [0, 0.05) is 22.7 Å². The van der Waals surface area contributed by atoms with E-state index in [2.05, 4.69) is 15.9 Å². The highest BCUT2D eigenvalue weighted by molar-refractivity contribution is 9.10. The second kappa shape index (κ2) is 11.8. The van der Waals surface area contributed by atoms with Crippen LogP contribution in [0.15, 0.2) is 68.4 Å². The molecule has 4 rings (SSSR count). The number of carboxylic acids is 1. The van der Waals surface area contributed by atoms with Gasteiger partial charge in [0.1, 0.15) is 29.4 Å². The summed E-state index contributed by atoms with van der Waals surface area (Å²) >= 11 is 9.95. The highest BCUT2D eigenvalue weighted by Crippen LogP contribution is 2.38. The molecule has 186 valence electrons. The van der Waals surface area contributed by atoms with Crippen LogP contribution in [0.25, 0.3) is 17.4 Å². The van der Waals surface area contributed by atoms with E-state index < -0.39 is 5.97 Å². The van der Waals surface area contributed by atoms with Gasteiger partial charge in [-0.15, -0.1) is 0 Å².